The monoisotopic (exact) mass is 479 g/mol. The fourth-order valence-electron chi connectivity index (χ4n) is 6.20. The topological polar surface area (TPSA) is 87.7 Å². The minimum absolute atomic E-state index is 0.0126. The number of morpholine rings is 1. The van der Waals surface area contributed by atoms with Gasteiger partial charge in [0.2, 0.25) is 0 Å². The lowest BCUT2D eigenvalue weighted by molar-refractivity contribution is -0.274. The number of hydrogen-bond donors (Lipinski definition) is 1. The van der Waals surface area contributed by atoms with Crippen LogP contribution in [0.5, 0.6) is 5.75 Å². The van der Waals surface area contributed by atoms with Crippen molar-refractivity contribution in [2.45, 2.75) is 49.5 Å². The van der Waals surface area contributed by atoms with Crippen LogP contribution in [0, 0.1) is 5.92 Å². The summed E-state index contributed by atoms with van der Waals surface area (Å²) in [5.41, 5.74) is 6.67. The smallest absolute Gasteiger partial charge is 0.402 e. The van der Waals surface area contributed by atoms with E-state index in [9.17, 15) is 13.2 Å². The summed E-state index contributed by atoms with van der Waals surface area (Å²) >= 11 is 0. The number of alkyl halides is 3. The van der Waals surface area contributed by atoms with Crippen LogP contribution in [0.15, 0.2) is 18.5 Å². The molecule has 0 radical (unpaired) electrons. The van der Waals surface area contributed by atoms with Crippen molar-refractivity contribution < 1.29 is 27.4 Å². The van der Waals surface area contributed by atoms with E-state index in [1.807, 2.05) is 6.20 Å². The molecule has 2 saturated heterocycles. The molecule has 4 heterocycles. The lowest BCUT2D eigenvalue weighted by Gasteiger charge is -2.66. The maximum atomic E-state index is 12.8. The Bertz CT molecular complexity index is 1060. The van der Waals surface area contributed by atoms with Crippen molar-refractivity contribution in [3.05, 3.63) is 24.3 Å². The number of nitrogens with two attached hydrogens (primary N) is 1. The molecular formula is C23H28F3N5O3. The summed E-state index contributed by atoms with van der Waals surface area (Å²) < 4.78 is 56.1. The van der Waals surface area contributed by atoms with Gasteiger partial charge in [0.15, 0.2) is 11.6 Å². The van der Waals surface area contributed by atoms with Crippen LogP contribution in [0.3, 0.4) is 0 Å². The third-order valence-corrected chi connectivity index (χ3v) is 8.03. The highest BCUT2D eigenvalue weighted by molar-refractivity contribution is 5.64. The number of ether oxygens (including phenoxy) is 3. The van der Waals surface area contributed by atoms with Gasteiger partial charge in [0, 0.05) is 49.6 Å². The van der Waals surface area contributed by atoms with Crippen LogP contribution in [0.4, 0.5) is 19.0 Å². The van der Waals surface area contributed by atoms with E-state index in [4.69, 9.17) is 20.2 Å². The van der Waals surface area contributed by atoms with E-state index in [-0.39, 0.29) is 17.3 Å². The molecule has 0 aromatic carbocycles. The van der Waals surface area contributed by atoms with Crippen molar-refractivity contribution in [2.24, 2.45) is 5.92 Å². The quantitative estimate of drug-likeness (QED) is 0.705. The SMILES string of the molecule is Nc1ncc(-c2cn(C34CCC3C(N3CCOCC3)C4)c(C3CCOC3)n2)cc1OC(F)(F)F. The van der Waals surface area contributed by atoms with E-state index in [0.717, 1.165) is 51.4 Å². The Labute approximate surface area is 195 Å². The van der Waals surface area contributed by atoms with Gasteiger partial charge in [0.05, 0.1) is 31.1 Å². The van der Waals surface area contributed by atoms with E-state index in [0.29, 0.717) is 36.4 Å². The third kappa shape index (κ3) is 3.64. The fraction of sp³-hybridized carbons (Fsp3) is 0.652. The standard InChI is InChI=1S/C23H28F3N5O3/c24-23(25,26)34-19-9-15(11-28-20(19)27)17-12-31(21(29-17)14-2-6-33-13-14)22-3-1-16(22)18(10-22)30-4-7-32-8-5-30/h9,11-12,14,16,18H,1-8,10,13H2,(H2,27,28). The molecule has 8 nitrogen and oxygen atoms in total. The van der Waals surface area contributed by atoms with Gasteiger partial charge in [-0.2, -0.15) is 0 Å². The van der Waals surface area contributed by atoms with Gasteiger partial charge in [0.1, 0.15) is 5.82 Å². The van der Waals surface area contributed by atoms with Gasteiger partial charge in [0.25, 0.3) is 0 Å². The molecule has 34 heavy (non-hydrogen) atoms. The molecule has 2 aliphatic carbocycles. The molecule has 0 amide bonds. The van der Waals surface area contributed by atoms with Crippen molar-refractivity contribution in [1.82, 2.24) is 19.4 Å². The second kappa shape index (κ2) is 8.10. The summed E-state index contributed by atoms with van der Waals surface area (Å²) in [6.07, 6.45) is 2.77. The number of halogens is 3. The van der Waals surface area contributed by atoms with E-state index in [2.05, 4.69) is 19.2 Å². The van der Waals surface area contributed by atoms with Crippen LogP contribution in [0.2, 0.25) is 0 Å². The molecule has 2 N–H and O–H groups in total. The Morgan fingerprint density at radius 3 is 2.62 bits per heavy atom. The average molecular weight is 480 g/mol. The second-order valence-electron chi connectivity index (χ2n) is 9.74. The van der Waals surface area contributed by atoms with E-state index >= 15 is 0 Å². The van der Waals surface area contributed by atoms with E-state index in [1.54, 1.807) is 0 Å². The third-order valence-electron chi connectivity index (χ3n) is 8.03. The summed E-state index contributed by atoms with van der Waals surface area (Å²) in [4.78, 5) is 11.4. The Balaban J connectivity index is 1.34. The second-order valence-corrected chi connectivity index (χ2v) is 9.74. The van der Waals surface area contributed by atoms with E-state index in [1.165, 1.54) is 18.7 Å². The molecule has 2 saturated carbocycles. The first-order valence-electron chi connectivity index (χ1n) is 11.8. The van der Waals surface area contributed by atoms with Crippen LogP contribution in [0.1, 0.15) is 37.4 Å². The number of rotatable bonds is 5. The average Bonchev–Trinajstić information content (AvgIpc) is 3.47. The summed E-state index contributed by atoms with van der Waals surface area (Å²) in [6.45, 7) is 4.79. The van der Waals surface area contributed by atoms with Crippen LogP contribution in [-0.4, -0.2) is 71.4 Å². The van der Waals surface area contributed by atoms with Gasteiger partial charge in [-0.3, -0.25) is 4.90 Å². The van der Waals surface area contributed by atoms with E-state index < -0.39 is 12.1 Å². The van der Waals surface area contributed by atoms with Crippen LogP contribution in [0.25, 0.3) is 11.3 Å². The van der Waals surface area contributed by atoms with Crippen LogP contribution < -0.4 is 10.5 Å². The predicted octanol–water partition coefficient (Wildman–Crippen LogP) is 3.14. The van der Waals surface area contributed by atoms with Gasteiger partial charge in [-0.05, 0) is 37.7 Å². The zero-order valence-corrected chi connectivity index (χ0v) is 18.8. The lowest BCUT2D eigenvalue weighted by atomic mass is 9.49. The largest absolute Gasteiger partial charge is 0.573 e. The van der Waals surface area contributed by atoms with Crippen molar-refractivity contribution in [3.8, 4) is 17.0 Å². The molecule has 4 aliphatic rings. The predicted molar refractivity (Wildman–Crippen MR) is 116 cm³/mol. The molecule has 0 spiro atoms. The zero-order valence-electron chi connectivity index (χ0n) is 18.8. The number of imidazole rings is 1. The molecule has 6 rings (SSSR count). The molecule has 2 aromatic rings. The molecule has 4 atom stereocenters. The van der Waals surface area contributed by atoms with Gasteiger partial charge in [-0.1, -0.05) is 0 Å². The molecule has 2 aromatic heterocycles. The Hall–Kier alpha value is -2.37. The Morgan fingerprint density at radius 2 is 1.97 bits per heavy atom. The molecule has 4 unspecified atom stereocenters. The first-order valence-corrected chi connectivity index (χ1v) is 11.8. The van der Waals surface area contributed by atoms with Crippen molar-refractivity contribution in [3.63, 3.8) is 0 Å². The highest BCUT2D eigenvalue weighted by Gasteiger charge is 2.63. The highest BCUT2D eigenvalue weighted by atomic mass is 19.4. The highest BCUT2D eigenvalue weighted by Crippen LogP contribution is 2.61. The maximum absolute atomic E-state index is 12.8. The van der Waals surface area contributed by atoms with Gasteiger partial charge < -0.3 is 24.5 Å². The molecule has 4 fully saturated rings. The number of nitrogen functional groups attached to an aromatic ring is 1. The zero-order chi connectivity index (χ0) is 23.5. The molecule has 11 heteroatoms. The first-order chi connectivity index (χ1) is 16.3. The van der Waals surface area contributed by atoms with Crippen molar-refractivity contribution in [1.29, 1.82) is 0 Å². The number of nitrogens with zero attached hydrogens (tertiary/aromatic N) is 4. The summed E-state index contributed by atoms with van der Waals surface area (Å²) in [5.74, 6) is 0.838. The molecule has 2 aliphatic heterocycles. The molecule has 184 valence electrons. The number of hydrogen-bond acceptors (Lipinski definition) is 7. The minimum Gasteiger partial charge on any atom is -0.402 e. The Morgan fingerprint density at radius 1 is 1.15 bits per heavy atom. The van der Waals surface area contributed by atoms with Gasteiger partial charge in [-0.25, -0.2) is 9.97 Å². The Kier molecular flexibility index (Phi) is 5.27. The van der Waals surface area contributed by atoms with Crippen LogP contribution in [-0.2, 0) is 15.0 Å². The molecule has 0 bridgehead atoms. The fourth-order valence-corrected chi connectivity index (χ4v) is 6.20. The number of aromatic nitrogens is 3. The lowest BCUT2D eigenvalue weighted by Crippen LogP contribution is -2.70. The number of anilines is 1. The summed E-state index contributed by atoms with van der Waals surface area (Å²) in [6, 6.07) is 1.81. The van der Waals surface area contributed by atoms with Crippen molar-refractivity contribution >= 4 is 5.82 Å². The number of pyridine rings is 1. The van der Waals surface area contributed by atoms with Gasteiger partial charge in [-0.15, -0.1) is 13.2 Å². The van der Waals surface area contributed by atoms with Crippen LogP contribution >= 0.6 is 0 Å². The summed E-state index contributed by atoms with van der Waals surface area (Å²) in [5, 5.41) is 0. The van der Waals surface area contributed by atoms with Gasteiger partial charge >= 0.3 is 6.36 Å². The number of fused-ring (bicyclic) bond motifs is 1. The van der Waals surface area contributed by atoms with Crippen molar-refractivity contribution in [2.75, 3.05) is 45.3 Å². The minimum atomic E-state index is -4.85. The first kappa shape index (κ1) is 22.1. The summed E-state index contributed by atoms with van der Waals surface area (Å²) in [7, 11) is 0. The molecular weight excluding hydrogens is 451 g/mol. The normalized spacial score (nSPS) is 31.6. The maximum Gasteiger partial charge on any atom is 0.573 e.